The van der Waals surface area contributed by atoms with Gasteiger partial charge in [0.25, 0.3) is 0 Å². The third kappa shape index (κ3) is 3.56. The molecule has 1 amide bonds. The molecule has 0 bridgehead atoms. The predicted molar refractivity (Wildman–Crippen MR) is 91.5 cm³/mol. The standard InChI is InChI=1S/C18H21N5O2/c24-18(21-11-15-10-20-17-12-19-5-8-23(15)17)14-3-6-22(7-4-14)13-16-2-1-9-25-16/h1-2,5,8-10,12,14H,3-4,6-7,11,13H2,(H,21,24). The van der Waals surface area contributed by atoms with Gasteiger partial charge in [0, 0.05) is 18.3 Å². The van der Waals surface area contributed by atoms with Crippen LogP contribution >= 0.6 is 0 Å². The van der Waals surface area contributed by atoms with E-state index in [1.807, 2.05) is 22.7 Å². The van der Waals surface area contributed by atoms with E-state index < -0.39 is 0 Å². The predicted octanol–water partition coefficient (Wildman–Crippen LogP) is 1.85. The fourth-order valence-electron chi connectivity index (χ4n) is 3.32. The van der Waals surface area contributed by atoms with E-state index in [1.54, 1.807) is 24.9 Å². The van der Waals surface area contributed by atoms with E-state index in [9.17, 15) is 4.79 Å². The molecule has 4 heterocycles. The molecule has 0 aliphatic carbocycles. The zero-order valence-electron chi connectivity index (χ0n) is 14.0. The number of nitrogens with zero attached hydrogens (tertiary/aromatic N) is 4. The van der Waals surface area contributed by atoms with Gasteiger partial charge in [-0.2, -0.15) is 0 Å². The molecule has 1 aliphatic heterocycles. The summed E-state index contributed by atoms with van der Waals surface area (Å²) in [6.45, 7) is 3.13. The molecule has 1 N–H and O–H groups in total. The molecule has 1 saturated heterocycles. The van der Waals surface area contributed by atoms with Crippen molar-refractivity contribution in [3.63, 3.8) is 0 Å². The van der Waals surface area contributed by atoms with Gasteiger partial charge in [-0.25, -0.2) is 4.98 Å². The normalized spacial score (nSPS) is 16.3. The van der Waals surface area contributed by atoms with Crippen molar-refractivity contribution in [2.24, 2.45) is 5.92 Å². The zero-order chi connectivity index (χ0) is 17.1. The summed E-state index contributed by atoms with van der Waals surface area (Å²) in [6, 6.07) is 3.90. The number of fused-ring (bicyclic) bond motifs is 1. The van der Waals surface area contributed by atoms with Gasteiger partial charge in [0.05, 0.1) is 37.4 Å². The molecule has 0 saturated carbocycles. The number of piperidine rings is 1. The first-order valence-electron chi connectivity index (χ1n) is 8.58. The second kappa shape index (κ2) is 7.06. The van der Waals surface area contributed by atoms with Crippen LogP contribution in [-0.2, 0) is 17.9 Å². The van der Waals surface area contributed by atoms with Crippen LogP contribution in [0.2, 0.25) is 0 Å². The number of furan rings is 1. The number of nitrogens with one attached hydrogen (secondary N) is 1. The maximum Gasteiger partial charge on any atom is 0.223 e. The monoisotopic (exact) mass is 339 g/mol. The highest BCUT2D eigenvalue weighted by atomic mass is 16.3. The van der Waals surface area contributed by atoms with Crippen molar-refractivity contribution in [2.45, 2.75) is 25.9 Å². The van der Waals surface area contributed by atoms with Crippen LogP contribution in [0.5, 0.6) is 0 Å². The number of hydrogen-bond donors (Lipinski definition) is 1. The molecule has 3 aromatic rings. The van der Waals surface area contributed by atoms with Crippen LogP contribution in [0.1, 0.15) is 24.3 Å². The van der Waals surface area contributed by atoms with Crippen molar-refractivity contribution in [2.75, 3.05) is 13.1 Å². The van der Waals surface area contributed by atoms with Gasteiger partial charge in [-0.3, -0.25) is 19.1 Å². The maximum absolute atomic E-state index is 12.5. The zero-order valence-corrected chi connectivity index (χ0v) is 14.0. The average molecular weight is 339 g/mol. The molecule has 7 nitrogen and oxygen atoms in total. The van der Waals surface area contributed by atoms with Gasteiger partial charge in [0.15, 0.2) is 5.65 Å². The van der Waals surface area contributed by atoms with E-state index in [1.165, 1.54) is 0 Å². The Morgan fingerprint density at radius 1 is 1.32 bits per heavy atom. The van der Waals surface area contributed by atoms with E-state index >= 15 is 0 Å². The van der Waals surface area contributed by atoms with Crippen LogP contribution < -0.4 is 5.32 Å². The smallest absolute Gasteiger partial charge is 0.223 e. The Balaban J connectivity index is 1.28. The van der Waals surface area contributed by atoms with E-state index in [-0.39, 0.29) is 11.8 Å². The highest BCUT2D eigenvalue weighted by molar-refractivity contribution is 5.78. The lowest BCUT2D eigenvalue weighted by Gasteiger charge is -2.30. The minimum absolute atomic E-state index is 0.0775. The van der Waals surface area contributed by atoms with E-state index in [0.29, 0.717) is 6.54 Å². The Morgan fingerprint density at radius 3 is 3.00 bits per heavy atom. The minimum atomic E-state index is 0.0775. The molecule has 3 aromatic heterocycles. The minimum Gasteiger partial charge on any atom is -0.468 e. The van der Waals surface area contributed by atoms with E-state index in [2.05, 4.69) is 20.2 Å². The summed E-state index contributed by atoms with van der Waals surface area (Å²) in [5, 5.41) is 3.05. The van der Waals surface area contributed by atoms with Gasteiger partial charge in [-0.1, -0.05) is 0 Å². The van der Waals surface area contributed by atoms with Gasteiger partial charge in [0.1, 0.15) is 5.76 Å². The Bertz CT molecular complexity index is 834. The summed E-state index contributed by atoms with van der Waals surface area (Å²) in [5.74, 6) is 1.18. The summed E-state index contributed by atoms with van der Waals surface area (Å²) >= 11 is 0. The molecule has 25 heavy (non-hydrogen) atoms. The van der Waals surface area contributed by atoms with E-state index in [4.69, 9.17) is 4.42 Å². The van der Waals surface area contributed by atoms with Crippen molar-refractivity contribution in [1.29, 1.82) is 0 Å². The highest BCUT2D eigenvalue weighted by Crippen LogP contribution is 2.19. The van der Waals surface area contributed by atoms with Crippen LogP contribution in [-0.4, -0.2) is 38.3 Å². The molecule has 130 valence electrons. The van der Waals surface area contributed by atoms with Crippen molar-refractivity contribution in [1.82, 2.24) is 24.6 Å². The van der Waals surface area contributed by atoms with Crippen LogP contribution in [0.4, 0.5) is 0 Å². The van der Waals surface area contributed by atoms with E-state index in [0.717, 1.165) is 49.6 Å². The number of carbonyl (C=O) groups excluding carboxylic acids is 1. The molecule has 1 fully saturated rings. The third-order valence-corrected chi connectivity index (χ3v) is 4.76. The lowest BCUT2D eigenvalue weighted by molar-refractivity contribution is -0.126. The van der Waals surface area contributed by atoms with Gasteiger partial charge in [0.2, 0.25) is 5.91 Å². The Labute approximate surface area is 145 Å². The Morgan fingerprint density at radius 2 is 2.20 bits per heavy atom. The molecule has 4 rings (SSSR count). The maximum atomic E-state index is 12.5. The van der Waals surface area contributed by atoms with Crippen molar-refractivity contribution < 1.29 is 9.21 Å². The molecule has 0 atom stereocenters. The van der Waals surface area contributed by atoms with Gasteiger partial charge in [-0.05, 0) is 38.1 Å². The number of hydrogen-bond acceptors (Lipinski definition) is 5. The molecule has 0 spiro atoms. The molecule has 7 heteroatoms. The second-order valence-electron chi connectivity index (χ2n) is 6.40. The number of carbonyl (C=O) groups is 1. The van der Waals surface area contributed by atoms with Gasteiger partial charge in [-0.15, -0.1) is 0 Å². The Kier molecular flexibility index (Phi) is 4.47. The highest BCUT2D eigenvalue weighted by Gasteiger charge is 2.25. The number of imidazole rings is 1. The molecule has 0 aromatic carbocycles. The summed E-state index contributed by atoms with van der Waals surface area (Å²) in [5.41, 5.74) is 1.75. The molecule has 0 radical (unpaired) electrons. The fourth-order valence-corrected chi connectivity index (χ4v) is 3.32. The van der Waals surface area contributed by atoms with Crippen molar-refractivity contribution in [3.8, 4) is 0 Å². The molecule has 0 unspecified atom stereocenters. The fraction of sp³-hybridized carbons (Fsp3) is 0.389. The topological polar surface area (TPSA) is 75.7 Å². The summed E-state index contributed by atoms with van der Waals surface area (Å²) in [7, 11) is 0. The Hall–Kier alpha value is -2.67. The molecular formula is C18H21N5O2. The largest absolute Gasteiger partial charge is 0.468 e. The average Bonchev–Trinajstić information content (AvgIpc) is 3.30. The second-order valence-corrected chi connectivity index (χ2v) is 6.40. The first kappa shape index (κ1) is 15.8. The van der Waals surface area contributed by atoms with Gasteiger partial charge < -0.3 is 9.73 Å². The van der Waals surface area contributed by atoms with Crippen LogP contribution in [0.25, 0.3) is 5.65 Å². The summed E-state index contributed by atoms with van der Waals surface area (Å²) < 4.78 is 7.34. The number of aromatic nitrogens is 3. The quantitative estimate of drug-likeness (QED) is 0.768. The molecular weight excluding hydrogens is 318 g/mol. The molecule has 1 aliphatic rings. The van der Waals surface area contributed by atoms with Gasteiger partial charge >= 0.3 is 0 Å². The SMILES string of the molecule is O=C(NCc1cnc2cnccn12)C1CCN(Cc2ccco2)CC1. The lowest BCUT2D eigenvalue weighted by atomic mass is 9.96. The summed E-state index contributed by atoms with van der Waals surface area (Å²) in [6.07, 6.45) is 10.5. The first-order valence-corrected chi connectivity index (χ1v) is 8.58. The summed E-state index contributed by atoms with van der Waals surface area (Å²) in [4.78, 5) is 23.1. The van der Waals surface area contributed by atoms with Crippen molar-refractivity contribution >= 4 is 11.6 Å². The first-order chi connectivity index (χ1) is 12.3. The van der Waals surface area contributed by atoms with Crippen LogP contribution in [0.15, 0.2) is 47.6 Å². The number of amides is 1. The number of rotatable bonds is 5. The van der Waals surface area contributed by atoms with Crippen molar-refractivity contribution in [3.05, 3.63) is 54.6 Å². The number of likely N-dealkylation sites (tertiary alicyclic amines) is 1. The third-order valence-electron chi connectivity index (χ3n) is 4.76. The van der Waals surface area contributed by atoms with Crippen LogP contribution in [0.3, 0.4) is 0 Å². The lowest BCUT2D eigenvalue weighted by Crippen LogP contribution is -2.40. The van der Waals surface area contributed by atoms with Crippen LogP contribution in [0, 0.1) is 5.92 Å².